The zero-order valence-corrected chi connectivity index (χ0v) is 8.49. The molecule has 1 aromatic carbocycles. The monoisotopic (exact) mass is 204 g/mol. The Hall–Kier alpha value is -1.77. The highest BCUT2D eigenvalue weighted by molar-refractivity contribution is 5.79. The van der Waals surface area contributed by atoms with Crippen molar-refractivity contribution in [2.24, 2.45) is 0 Å². The van der Waals surface area contributed by atoms with E-state index in [-0.39, 0.29) is 5.75 Å². The molecule has 15 heavy (non-hydrogen) atoms. The molecule has 0 amide bonds. The lowest BCUT2D eigenvalue weighted by Gasteiger charge is -2.04. The topological polar surface area (TPSA) is 50.4 Å². The van der Waals surface area contributed by atoms with Crippen LogP contribution in [-0.4, -0.2) is 5.11 Å². The first-order valence-electron chi connectivity index (χ1n) is 4.96. The van der Waals surface area contributed by atoms with Crippen LogP contribution >= 0.6 is 0 Å². The molecule has 1 heterocycles. The molecule has 1 aromatic heterocycles. The number of aromatic hydroxyl groups is 1. The van der Waals surface area contributed by atoms with Crippen LogP contribution in [0.3, 0.4) is 0 Å². The summed E-state index contributed by atoms with van der Waals surface area (Å²) in [6.45, 7) is 2.05. The minimum atomic E-state index is -0.398. The van der Waals surface area contributed by atoms with Crippen molar-refractivity contribution in [3.63, 3.8) is 0 Å². The Morgan fingerprint density at radius 3 is 2.87 bits per heavy atom. The van der Waals surface area contributed by atoms with E-state index in [0.29, 0.717) is 5.58 Å². The number of fused-ring (bicyclic) bond motifs is 1. The summed E-state index contributed by atoms with van der Waals surface area (Å²) in [4.78, 5) is 11.0. The molecule has 3 nitrogen and oxygen atoms in total. The molecular formula is C12H12O3. The van der Waals surface area contributed by atoms with E-state index in [1.54, 1.807) is 6.07 Å². The maximum absolute atomic E-state index is 11.0. The first kappa shape index (κ1) is 9.77. The standard InChI is InChI=1S/C12H12O3/c1-2-3-8-6-9-4-5-12(14)15-11(9)7-10(8)13/h4-7,13H,2-3H2,1H3. The lowest BCUT2D eigenvalue weighted by molar-refractivity contribution is 0.465. The minimum Gasteiger partial charge on any atom is -0.508 e. The fourth-order valence-electron chi connectivity index (χ4n) is 1.62. The van der Waals surface area contributed by atoms with E-state index < -0.39 is 5.63 Å². The molecule has 0 radical (unpaired) electrons. The van der Waals surface area contributed by atoms with E-state index in [0.717, 1.165) is 23.8 Å². The lowest BCUT2D eigenvalue weighted by atomic mass is 10.1. The van der Waals surface area contributed by atoms with Crippen LogP contribution in [0.4, 0.5) is 0 Å². The van der Waals surface area contributed by atoms with Crippen molar-refractivity contribution in [2.75, 3.05) is 0 Å². The molecule has 2 aromatic rings. The highest BCUT2D eigenvalue weighted by Gasteiger charge is 2.04. The normalized spacial score (nSPS) is 10.7. The molecule has 0 aliphatic heterocycles. The molecule has 3 heteroatoms. The lowest BCUT2D eigenvalue weighted by Crippen LogP contribution is -1.95. The summed E-state index contributed by atoms with van der Waals surface area (Å²) >= 11 is 0. The minimum absolute atomic E-state index is 0.193. The summed E-state index contributed by atoms with van der Waals surface area (Å²) in [5, 5.41) is 10.5. The van der Waals surface area contributed by atoms with Crippen molar-refractivity contribution >= 4 is 11.0 Å². The van der Waals surface area contributed by atoms with Gasteiger partial charge in [-0.05, 0) is 24.1 Å². The average molecular weight is 204 g/mol. The molecule has 0 saturated carbocycles. The van der Waals surface area contributed by atoms with Crippen LogP contribution in [0.25, 0.3) is 11.0 Å². The number of phenols is 1. The Balaban J connectivity index is 2.65. The Labute approximate surface area is 87.0 Å². The van der Waals surface area contributed by atoms with Gasteiger partial charge in [0, 0.05) is 17.5 Å². The van der Waals surface area contributed by atoms with Crippen LogP contribution in [0.5, 0.6) is 5.75 Å². The summed E-state index contributed by atoms with van der Waals surface area (Å²) in [5.74, 6) is 0.193. The largest absolute Gasteiger partial charge is 0.508 e. The summed E-state index contributed by atoms with van der Waals surface area (Å²) in [5.41, 5.74) is 0.920. The van der Waals surface area contributed by atoms with Crippen molar-refractivity contribution in [1.29, 1.82) is 0 Å². The van der Waals surface area contributed by atoms with Gasteiger partial charge in [-0.2, -0.15) is 0 Å². The Bertz CT molecular complexity index is 540. The number of hydrogen-bond donors (Lipinski definition) is 1. The quantitative estimate of drug-likeness (QED) is 0.764. The Kier molecular flexibility index (Phi) is 2.46. The van der Waals surface area contributed by atoms with Crippen molar-refractivity contribution < 1.29 is 9.52 Å². The van der Waals surface area contributed by atoms with Crippen LogP contribution in [-0.2, 0) is 6.42 Å². The highest BCUT2D eigenvalue weighted by Crippen LogP contribution is 2.24. The highest BCUT2D eigenvalue weighted by atomic mass is 16.4. The first-order chi connectivity index (χ1) is 7.20. The van der Waals surface area contributed by atoms with Gasteiger partial charge in [-0.1, -0.05) is 13.3 Å². The zero-order valence-electron chi connectivity index (χ0n) is 8.49. The van der Waals surface area contributed by atoms with Gasteiger partial charge in [0.2, 0.25) is 0 Å². The summed E-state index contributed by atoms with van der Waals surface area (Å²) < 4.78 is 4.96. The van der Waals surface area contributed by atoms with Crippen molar-refractivity contribution in [3.05, 3.63) is 40.2 Å². The van der Waals surface area contributed by atoms with Crippen LogP contribution in [0.1, 0.15) is 18.9 Å². The molecular weight excluding hydrogens is 192 g/mol. The van der Waals surface area contributed by atoms with Crippen molar-refractivity contribution in [3.8, 4) is 5.75 Å². The molecule has 1 N–H and O–H groups in total. The number of phenolic OH excluding ortho intramolecular Hbond substituents is 1. The van der Waals surface area contributed by atoms with Gasteiger partial charge in [0.1, 0.15) is 11.3 Å². The molecule has 78 valence electrons. The predicted octanol–water partition coefficient (Wildman–Crippen LogP) is 2.45. The second-order valence-corrected chi connectivity index (χ2v) is 3.52. The third-order valence-electron chi connectivity index (χ3n) is 2.34. The number of rotatable bonds is 2. The average Bonchev–Trinajstić information content (AvgIpc) is 2.20. The van der Waals surface area contributed by atoms with Gasteiger partial charge in [0.25, 0.3) is 0 Å². The van der Waals surface area contributed by atoms with Crippen LogP contribution in [0.15, 0.2) is 33.5 Å². The second kappa shape index (κ2) is 3.77. The van der Waals surface area contributed by atoms with Crippen molar-refractivity contribution in [2.45, 2.75) is 19.8 Å². The maximum Gasteiger partial charge on any atom is 0.336 e. The van der Waals surface area contributed by atoms with Crippen molar-refractivity contribution in [1.82, 2.24) is 0 Å². The summed E-state index contributed by atoms with van der Waals surface area (Å²) in [6.07, 6.45) is 1.79. The molecule has 2 rings (SSSR count). The van der Waals surface area contributed by atoms with Gasteiger partial charge in [-0.25, -0.2) is 4.79 Å². The number of benzene rings is 1. The molecule has 0 atom stereocenters. The van der Waals surface area contributed by atoms with Crippen LogP contribution < -0.4 is 5.63 Å². The van der Waals surface area contributed by atoms with E-state index in [2.05, 4.69) is 6.92 Å². The predicted molar refractivity (Wildman–Crippen MR) is 58.1 cm³/mol. The van der Waals surface area contributed by atoms with E-state index in [9.17, 15) is 9.90 Å². The van der Waals surface area contributed by atoms with Crippen LogP contribution in [0.2, 0.25) is 0 Å². The number of hydrogen-bond acceptors (Lipinski definition) is 3. The fraction of sp³-hybridized carbons (Fsp3) is 0.250. The molecule has 0 aliphatic rings. The third kappa shape index (κ3) is 1.86. The second-order valence-electron chi connectivity index (χ2n) is 3.52. The fourth-order valence-corrected chi connectivity index (χ4v) is 1.62. The maximum atomic E-state index is 11.0. The molecule has 0 saturated heterocycles. The smallest absolute Gasteiger partial charge is 0.336 e. The van der Waals surface area contributed by atoms with E-state index in [4.69, 9.17) is 4.42 Å². The summed E-state index contributed by atoms with van der Waals surface area (Å²) in [6, 6.07) is 6.45. The van der Waals surface area contributed by atoms with Gasteiger partial charge in [-0.3, -0.25) is 0 Å². The SMILES string of the molecule is CCCc1cc2ccc(=O)oc2cc1O. The number of aryl methyl sites for hydroxylation is 1. The first-order valence-corrected chi connectivity index (χ1v) is 4.96. The van der Waals surface area contributed by atoms with Gasteiger partial charge in [0.05, 0.1) is 0 Å². The third-order valence-corrected chi connectivity index (χ3v) is 2.34. The van der Waals surface area contributed by atoms with E-state index in [1.807, 2.05) is 6.07 Å². The zero-order chi connectivity index (χ0) is 10.8. The Morgan fingerprint density at radius 1 is 1.33 bits per heavy atom. The molecule has 0 bridgehead atoms. The van der Waals surface area contributed by atoms with Gasteiger partial charge in [-0.15, -0.1) is 0 Å². The Morgan fingerprint density at radius 2 is 2.13 bits per heavy atom. The van der Waals surface area contributed by atoms with E-state index in [1.165, 1.54) is 12.1 Å². The van der Waals surface area contributed by atoms with E-state index >= 15 is 0 Å². The van der Waals surface area contributed by atoms with Gasteiger partial charge < -0.3 is 9.52 Å². The summed E-state index contributed by atoms with van der Waals surface area (Å²) in [7, 11) is 0. The molecule has 0 spiro atoms. The van der Waals surface area contributed by atoms with Gasteiger partial charge in [0.15, 0.2) is 0 Å². The molecule has 0 aliphatic carbocycles. The molecule has 0 fully saturated rings. The van der Waals surface area contributed by atoms with Gasteiger partial charge >= 0.3 is 5.63 Å². The van der Waals surface area contributed by atoms with Crippen LogP contribution in [0, 0.1) is 0 Å². The molecule has 0 unspecified atom stereocenters.